The number of benzene rings is 3. The highest BCUT2D eigenvalue weighted by molar-refractivity contribution is 5.97. The van der Waals surface area contributed by atoms with Crippen molar-refractivity contribution in [2.24, 2.45) is 0 Å². The van der Waals surface area contributed by atoms with E-state index in [0.717, 1.165) is 12.1 Å². The van der Waals surface area contributed by atoms with E-state index in [1.54, 1.807) is 30.3 Å². The molecule has 8 heteroatoms. The molecule has 0 fully saturated rings. The second-order valence-electron chi connectivity index (χ2n) is 6.71. The largest absolute Gasteiger partial charge is 0.416 e. The molecule has 3 rings (SSSR count). The van der Waals surface area contributed by atoms with Gasteiger partial charge < -0.3 is 10.6 Å². The van der Waals surface area contributed by atoms with Gasteiger partial charge in [-0.1, -0.05) is 42.5 Å². The van der Waals surface area contributed by atoms with Crippen LogP contribution in [0, 0.1) is 5.82 Å². The molecule has 31 heavy (non-hydrogen) atoms. The van der Waals surface area contributed by atoms with Gasteiger partial charge in [-0.05, 0) is 41.5 Å². The second-order valence-corrected chi connectivity index (χ2v) is 6.71. The number of hydrogen-bond donors (Lipinski definition) is 2. The average molecular weight is 430 g/mol. The van der Waals surface area contributed by atoms with E-state index in [1.165, 1.54) is 30.3 Å². The Kier molecular flexibility index (Phi) is 6.69. The van der Waals surface area contributed by atoms with Crippen molar-refractivity contribution in [3.63, 3.8) is 0 Å². The maximum absolute atomic E-state index is 13.6. The molecule has 3 aromatic rings. The van der Waals surface area contributed by atoms with Crippen molar-refractivity contribution in [3.05, 3.63) is 95.3 Å². The van der Waals surface area contributed by atoms with Gasteiger partial charge in [0.1, 0.15) is 5.82 Å². The Balaban J connectivity index is 1.58. The number of amides is 2. The zero-order valence-corrected chi connectivity index (χ0v) is 16.2. The summed E-state index contributed by atoms with van der Waals surface area (Å²) in [5.41, 5.74) is 0.896. The van der Waals surface area contributed by atoms with Crippen LogP contribution in [0.2, 0.25) is 0 Å². The summed E-state index contributed by atoms with van der Waals surface area (Å²) < 4.78 is 51.7. The first-order chi connectivity index (χ1) is 14.7. The molecule has 4 nitrogen and oxygen atoms in total. The van der Waals surface area contributed by atoms with Gasteiger partial charge in [-0.25, -0.2) is 4.39 Å². The molecule has 2 N–H and O–H groups in total. The molecule has 0 radical (unpaired) electrons. The molecule has 0 heterocycles. The van der Waals surface area contributed by atoms with E-state index in [0.29, 0.717) is 16.7 Å². The van der Waals surface area contributed by atoms with E-state index in [-0.39, 0.29) is 18.7 Å². The third-order valence-corrected chi connectivity index (χ3v) is 4.51. The number of carbonyl (C=O) groups is 2. The average Bonchev–Trinajstić information content (AvgIpc) is 2.76. The molecule has 0 saturated heterocycles. The zero-order valence-electron chi connectivity index (χ0n) is 16.2. The first-order valence-electron chi connectivity index (χ1n) is 9.30. The van der Waals surface area contributed by atoms with Crippen LogP contribution in [0.4, 0.5) is 17.6 Å². The van der Waals surface area contributed by atoms with Crippen molar-refractivity contribution in [1.82, 2.24) is 10.6 Å². The van der Waals surface area contributed by atoms with E-state index >= 15 is 0 Å². The summed E-state index contributed by atoms with van der Waals surface area (Å²) in [7, 11) is 0. The summed E-state index contributed by atoms with van der Waals surface area (Å²) in [5.74, 6) is -1.45. The fourth-order valence-corrected chi connectivity index (χ4v) is 2.85. The van der Waals surface area contributed by atoms with Gasteiger partial charge in [0.25, 0.3) is 5.91 Å². The number of alkyl halides is 3. The Morgan fingerprint density at radius 2 is 1.52 bits per heavy atom. The van der Waals surface area contributed by atoms with Crippen LogP contribution < -0.4 is 10.6 Å². The quantitative estimate of drug-likeness (QED) is 0.564. The highest BCUT2D eigenvalue weighted by atomic mass is 19.4. The fraction of sp³-hybridized carbons (Fsp3) is 0.130. The van der Waals surface area contributed by atoms with E-state index in [2.05, 4.69) is 10.6 Å². The predicted octanol–water partition coefficient (Wildman–Crippen LogP) is 4.56. The lowest BCUT2D eigenvalue weighted by molar-refractivity contribution is -0.137. The SMILES string of the molecule is O=C(CNC(=O)c1cccc(-c2ccc(C(F)(F)F)cc2)c1)NCc1ccccc1F. The Labute approximate surface area is 175 Å². The lowest BCUT2D eigenvalue weighted by Crippen LogP contribution is -2.36. The molecule has 0 aliphatic carbocycles. The van der Waals surface area contributed by atoms with Gasteiger partial charge in [0, 0.05) is 17.7 Å². The predicted molar refractivity (Wildman–Crippen MR) is 107 cm³/mol. The monoisotopic (exact) mass is 430 g/mol. The van der Waals surface area contributed by atoms with Crippen LogP contribution in [-0.2, 0) is 17.5 Å². The minimum Gasteiger partial charge on any atom is -0.350 e. The van der Waals surface area contributed by atoms with Crippen molar-refractivity contribution >= 4 is 11.8 Å². The highest BCUT2D eigenvalue weighted by Crippen LogP contribution is 2.31. The topological polar surface area (TPSA) is 58.2 Å². The number of hydrogen-bond acceptors (Lipinski definition) is 2. The summed E-state index contributed by atoms with van der Waals surface area (Å²) in [6.07, 6.45) is -4.42. The van der Waals surface area contributed by atoms with Gasteiger partial charge in [0.05, 0.1) is 12.1 Å². The maximum atomic E-state index is 13.6. The van der Waals surface area contributed by atoms with Crippen molar-refractivity contribution in [1.29, 1.82) is 0 Å². The molecule has 0 saturated carbocycles. The van der Waals surface area contributed by atoms with Gasteiger partial charge >= 0.3 is 6.18 Å². The molecule has 0 spiro atoms. The summed E-state index contributed by atoms with van der Waals surface area (Å²) >= 11 is 0. The maximum Gasteiger partial charge on any atom is 0.416 e. The van der Waals surface area contributed by atoms with Crippen molar-refractivity contribution < 1.29 is 27.2 Å². The number of nitrogens with one attached hydrogen (secondary N) is 2. The number of carbonyl (C=O) groups excluding carboxylic acids is 2. The smallest absolute Gasteiger partial charge is 0.350 e. The summed E-state index contributed by atoms with van der Waals surface area (Å²) in [4.78, 5) is 24.3. The molecular weight excluding hydrogens is 412 g/mol. The Hall–Kier alpha value is -3.68. The minimum atomic E-state index is -4.42. The third-order valence-electron chi connectivity index (χ3n) is 4.51. The van der Waals surface area contributed by atoms with E-state index < -0.39 is 29.4 Å². The molecule has 0 unspecified atom stereocenters. The fourth-order valence-electron chi connectivity index (χ4n) is 2.85. The number of rotatable bonds is 6. The molecule has 0 bridgehead atoms. The molecule has 3 aromatic carbocycles. The first-order valence-corrected chi connectivity index (χ1v) is 9.30. The first kappa shape index (κ1) is 22.0. The molecule has 0 aromatic heterocycles. The number of halogens is 4. The lowest BCUT2D eigenvalue weighted by atomic mass is 10.0. The molecular formula is C23H18F4N2O2. The molecule has 2 amide bonds. The Morgan fingerprint density at radius 1 is 0.806 bits per heavy atom. The van der Waals surface area contributed by atoms with Crippen molar-refractivity contribution in [2.75, 3.05) is 6.54 Å². The van der Waals surface area contributed by atoms with Gasteiger partial charge in [-0.15, -0.1) is 0 Å². The molecule has 0 aliphatic rings. The van der Waals surface area contributed by atoms with Gasteiger partial charge in [-0.3, -0.25) is 9.59 Å². The van der Waals surface area contributed by atoms with Crippen molar-refractivity contribution in [2.45, 2.75) is 12.7 Å². The molecule has 160 valence electrons. The van der Waals surface area contributed by atoms with Crippen LogP contribution in [0.1, 0.15) is 21.5 Å². The van der Waals surface area contributed by atoms with Gasteiger partial charge in [0.15, 0.2) is 0 Å². The van der Waals surface area contributed by atoms with Crippen LogP contribution in [0.25, 0.3) is 11.1 Å². The second kappa shape index (κ2) is 9.42. The van der Waals surface area contributed by atoms with E-state index in [1.807, 2.05) is 0 Å². The summed E-state index contributed by atoms with van der Waals surface area (Å²) in [6.45, 7) is -0.317. The normalized spacial score (nSPS) is 11.1. The lowest BCUT2D eigenvalue weighted by Gasteiger charge is -2.10. The Bertz CT molecular complexity index is 1080. The van der Waals surface area contributed by atoms with Gasteiger partial charge in [-0.2, -0.15) is 13.2 Å². The minimum absolute atomic E-state index is 0.00914. The standard InChI is InChI=1S/C23H18F4N2O2/c24-20-7-2-1-4-18(20)13-28-21(30)14-29-22(31)17-6-3-5-16(12-17)15-8-10-19(11-9-15)23(25,26)27/h1-12H,13-14H2,(H,28,30)(H,29,31). The van der Waals surface area contributed by atoms with Crippen LogP contribution in [-0.4, -0.2) is 18.4 Å². The summed E-state index contributed by atoms with van der Waals surface area (Å²) in [5, 5.41) is 4.98. The molecule has 0 atom stereocenters. The highest BCUT2D eigenvalue weighted by Gasteiger charge is 2.29. The van der Waals surface area contributed by atoms with E-state index in [9.17, 15) is 27.2 Å². The van der Waals surface area contributed by atoms with E-state index in [4.69, 9.17) is 0 Å². The zero-order chi connectivity index (χ0) is 22.4. The van der Waals surface area contributed by atoms with Crippen LogP contribution in [0.5, 0.6) is 0 Å². The van der Waals surface area contributed by atoms with Gasteiger partial charge in [0.2, 0.25) is 5.91 Å². The van der Waals surface area contributed by atoms with Crippen LogP contribution >= 0.6 is 0 Å². The van der Waals surface area contributed by atoms with Crippen molar-refractivity contribution in [3.8, 4) is 11.1 Å². The third kappa shape index (κ3) is 5.91. The summed E-state index contributed by atoms with van der Waals surface area (Å²) in [6, 6.07) is 16.9. The van der Waals surface area contributed by atoms with Crippen LogP contribution in [0.15, 0.2) is 72.8 Å². The molecule has 0 aliphatic heterocycles. The Morgan fingerprint density at radius 3 is 2.19 bits per heavy atom. The van der Waals surface area contributed by atoms with Crippen LogP contribution in [0.3, 0.4) is 0 Å².